The Hall–Kier alpha value is -3.14. The highest BCUT2D eigenvalue weighted by Gasteiger charge is 2.27. The van der Waals surface area contributed by atoms with E-state index in [1.54, 1.807) is 0 Å². The van der Waals surface area contributed by atoms with E-state index in [2.05, 4.69) is 37.5 Å². The number of hydrogen-bond donors (Lipinski definition) is 0. The van der Waals surface area contributed by atoms with Gasteiger partial charge in [-0.05, 0) is 37.6 Å². The van der Waals surface area contributed by atoms with Crippen molar-refractivity contribution in [2.45, 2.75) is 26.7 Å². The van der Waals surface area contributed by atoms with Gasteiger partial charge in [0.2, 0.25) is 0 Å². The molecule has 4 heteroatoms. The van der Waals surface area contributed by atoms with Gasteiger partial charge in [0.15, 0.2) is 11.5 Å². The number of aliphatic imine (C=N–C) groups is 2. The van der Waals surface area contributed by atoms with E-state index in [1.165, 1.54) is 0 Å². The number of likely N-dealkylation sites (N-methyl/N-ethyl adjacent to an activating group) is 1. The average Bonchev–Trinajstić information content (AvgIpc) is 2.89. The highest BCUT2D eigenvalue weighted by atomic mass is 16.5. The second-order valence-corrected chi connectivity index (χ2v) is 6.94. The van der Waals surface area contributed by atoms with E-state index in [0.717, 1.165) is 71.5 Å². The molecule has 1 aromatic carbocycles. The Labute approximate surface area is 166 Å². The van der Waals surface area contributed by atoms with Crippen LogP contribution in [0.2, 0.25) is 0 Å². The zero-order valence-corrected chi connectivity index (χ0v) is 16.5. The van der Waals surface area contributed by atoms with Gasteiger partial charge in [-0.15, -0.1) is 0 Å². The van der Waals surface area contributed by atoms with Gasteiger partial charge < -0.3 is 9.64 Å². The van der Waals surface area contributed by atoms with E-state index in [9.17, 15) is 0 Å². The number of ether oxygens (including phenoxy) is 1. The molecule has 4 nitrogen and oxygen atoms in total. The van der Waals surface area contributed by atoms with Crippen LogP contribution < -0.4 is 0 Å². The van der Waals surface area contributed by atoms with E-state index in [1.807, 2.05) is 42.5 Å². The Morgan fingerprint density at radius 1 is 1.14 bits per heavy atom. The first-order chi connectivity index (χ1) is 13.7. The van der Waals surface area contributed by atoms with Gasteiger partial charge in [0.25, 0.3) is 0 Å². The monoisotopic (exact) mass is 371 g/mol. The highest BCUT2D eigenvalue weighted by Crippen LogP contribution is 2.36. The Bertz CT molecular complexity index is 970. The molecule has 0 saturated carbocycles. The summed E-state index contributed by atoms with van der Waals surface area (Å²) >= 11 is 0. The summed E-state index contributed by atoms with van der Waals surface area (Å²) in [5.74, 6) is 1.60. The Kier molecular flexibility index (Phi) is 5.11. The molecular formula is C24H25N3O. The quantitative estimate of drug-likeness (QED) is 0.703. The fourth-order valence-corrected chi connectivity index (χ4v) is 3.60. The maximum absolute atomic E-state index is 6.30. The van der Waals surface area contributed by atoms with Gasteiger partial charge in [0.05, 0.1) is 22.8 Å². The first-order valence-corrected chi connectivity index (χ1v) is 9.83. The first-order valence-electron chi connectivity index (χ1n) is 9.83. The van der Waals surface area contributed by atoms with Gasteiger partial charge >= 0.3 is 0 Å². The van der Waals surface area contributed by atoms with Crippen LogP contribution in [-0.4, -0.2) is 29.4 Å². The Morgan fingerprint density at radius 2 is 1.93 bits per heavy atom. The molecule has 2 aliphatic carbocycles. The van der Waals surface area contributed by atoms with E-state index in [0.29, 0.717) is 0 Å². The third kappa shape index (κ3) is 3.63. The van der Waals surface area contributed by atoms with Crippen LogP contribution in [0.1, 0.15) is 26.7 Å². The van der Waals surface area contributed by atoms with Crippen LogP contribution in [0.5, 0.6) is 0 Å². The molecule has 0 N–H and O–H groups in total. The topological polar surface area (TPSA) is 37.2 Å². The lowest BCUT2D eigenvalue weighted by Crippen LogP contribution is -2.26. The fourth-order valence-electron chi connectivity index (χ4n) is 3.60. The summed E-state index contributed by atoms with van der Waals surface area (Å²) in [4.78, 5) is 11.9. The van der Waals surface area contributed by atoms with Crippen molar-refractivity contribution in [3.8, 4) is 0 Å². The van der Waals surface area contributed by atoms with Gasteiger partial charge in [-0.2, -0.15) is 0 Å². The number of para-hydroxylation sites is 1. The van der Waals surface area contributed by atoms with Crippen molar-refractivity contribution >= 4 is 17.1 Å². The molecule has 1 aromatic rings. The molecule has 28 heavy (non-hydrogen) atoms. The number of nitrogens with zero attached hydrogens (tertiary/aromatic N) is 3. The average molecular weight is 371 g/mol. The summed E-state index contributed by atoms with van der Waals surface area (Å²) in [6.45, 7) is 10.5. The molecule has 0 spiro atoms. The van der Waals surface area contributed by atoms with Crippen LogP contribution in [0.25, 0.3) is 0 Å². The number of benzene rings is 1. The molecule has 0 unspecified atom stereocenters. The highest BCUT2D eigenvalue weighted by molar-refractivity contribution is 6.14. The molecule has 0 atom stereocenters. The molecule has 1 heterocycles. The number of hydrogen-bond acceptors (Lipinski definition) is 4. The number of allylic oxidation sites excluding steroid dienone is 7. The minimum absolute atomic E-state index is 0.725. The summed E-state index contributed by atoms with van der Waals surface area (Å²) < 4.78 is 6.30. The van der Waals surface area contributed by atoms with Crippen LogP contribution in [0, 0.1) is 0 Å². The predicted octanol–water partition coefficient (Wildman–Crippen LogP) is 5.47. The number of rotatable bonds is 4. The van der Waals surface area contributed by atoms with Gasteiger partial charge in [-0.25, -0.2) is 9.98 Å². The minimum Gasteiger partial charge on any atom is -0.453 e. The van der Waals surface area contributed by atoms with Crippen LogP contribution >= 0.6 is 0 Å². The van der Waals surface area contributed by atoms with Crippen molar-refractivity contribution in [2.24, 2.45) is 9.98 Å². The van der Waals surface area contributed by atoms with Crippen LogP contribution in [0.4, 0.5) is 5.69 Å². The fraction of sp³-hybridized carbons (Fsp3) is 0.250. The zero-order valence-electron chi connectivity index (χ0n) is 16.5. The lowest BCUT2D eigenvalue weighted by molar-refractivity contribution is 0.320. The second-order valence-electron chi connectivity index (χ2n) is 6.94. The summed E-state index contributed by atoms with van der Waals surface area (Å²) in [5, 5.41) is 0. The molecule has 0 radical (unpaired) electrons. The van der Waals surface area contributed by atoms with Crippen molar-refractivity contribution < 1.29 is 4.74 Å². The maximum atomic E-state index is 6.30. The summed E-state index contributed by atoms with van der Waals surface area (Å²) in [6.07, 6.45) is 9.64. The van der Waals surface area contributed by atoms with Gasteiger partial charge in [-0.3, -0.25) is 0 Å². The summed E-state index contributed by atoms with van der Waals surface area (Å²) in [7, 11) is 0. The van der Waals surface area contributed by atoms with Crippen LogP contribution in [0.15, 0.2) is 99.7 Å². The van der Waals surface area contributed by atoms with Crippen molar-refractivity contribution in [1.29, 1.82) is 0 Å². The first kappa shape index (κ1) is 18.2. The standard InChI is InChI=1S/C24H25N3O/c1-4-27(5-2)22-16-24-21(14-17(22)3)26-20-13-9-12-19(15-23(20)28-24)25-18-10-7-6-8-11-18/h6-12,15-16H,3-5,13-14H2,1-2H3. The Morgan fingerprint density at radius 3 is 2.68 bits per heavy atom. The van der Waals surface area contributed by atoms with Crippen LogP contribution in [0.3, 0.4) is 0 Å². The smallest absolute Gasteiger partial charge is 0.151 e. The summed E-state index contributed by atoms with van der Waals surface area (Å²) in [5.41, 5.74) is 5.94. The molecule has 1 aliphatic heterocycles. The van der Waals surface area contributed by atoms with Gasteiger partial charge in [0, 0.05) is 43.8 Å². The molecule has 0 aromatic heterocycles. The largest absolute Gasteiger partial charge is 0.453 e. The van der Waals surface area contributed by atoms with Crippen molar-refractivity contribution in [3.63, 3.8) is 0 Å². The van der Waals surface area contributed by atoms with E-state index in [-0.39, 0.29) is 0 Å². The van der Waals surface area contributed by atoms with Crippen molar-refractivity contribution in [1.82, 2.24) is 4.90 Å². The Balaban J connectivity index is 1.68. The normalized spacial score (nSPS) is 19.9. The SMILES string of the molecule is C=C1CC2=C(C=C1N(CC)CC)OC1=CC(=Nc3ccccc3)C=CCC1=N2. The molecule has 142 valence electrons. The molecular weight excluding hydrogens is 346 g/mol. The minimum atomic E-state index is 0.725. The lowest BCUT2D eigenvalue weighted by Gasteiger charge is -2.31. The lowest BCUT2D eigenvalue weighted by atomic mass is 9.99. The van der Waals surface area contributed by atoms with Gasteiger partial charge in [-0.1, -0.05) is 30.9 Å². The van der Waals surface area contributed by atoms with Crippen molar-refractivity contribution in [2.75, 3.05) is 13.1 Å². The van der Waals surface area contributed by atoms with E-state index in [4.69, 9.17) is 14.7 Å². The zero-order chi connectivity index (χ0) is 19.5. The molecule has 0 fully saturated rings. The van der Waals surface area contributed by atoms with E-state index >= 15 is 0 Å². The molecule has 4 rings (SSSR count). The second kappa shape index (κ2) is 7.85. The van der Waals surface area contributed by atoms with E-state index < -0.39 is 0 Å². The third-order valence-electron chi connectivity index (χ3n) is 5.07. The number of fused-ring (bicyclic) bond motifs is 1. The maximum Gasteiger partial charge on any atom is 0.151 e. The predicted molar refractivity (Wildman–Crippen MR) is 116 cm³/mol. The van der Waals surface area contributed by atoms with Gasteiger partial charge in [0.1, 0.15) is 0 Å². The van der Waals surface area contributed by atoms with Crippen LogP contribution in [-0.2, 0) is 4.74 Å². The molecule has 0 amide bonds. The molecule has 0 saturated heterocycles. The molecule has 0 bridgehead atoms. The third-order valence-corrected chi connectivity index (χ3v) is 5.07. The van der Waals surface area contributed by atoms with Crippen molar-refractivity contribution in [3.05, 3.63) is 89.7 Å². The summed E-state index contributed by atoms with van der Waals surface area (Å²) in [6, 6.07) is 9.96. The molecule has 3 aliphatic rings.